The van der Waals surface area contributed by atoms with Crippen LogP contribution in [0.5, 0.6) is 11.5 Å². The highest BCUT2D eigenvalue weighted by Gasteiger charge is 2.14. The summed E-state index contributed by atoms with van der Waals surface area (Å²) in [5.74, 6) is 1.81. The number of furan rings is 1. The van der Waals surface area contributed by atoms with Crippen molar-refractivity contribution in [3.05, 3.63) is 36.4 Å². The average Bonchev–Trinajstić information content (AvgIpc) is 3.02. The number of nitrogens with zero attached hydrogens (tertiary/aromatic N) is 2. The van der Waals surface area contributed by atoms with Crippen LogP contribution in [0.25, 0.3) is 21.9 Å². The van der Waals surface area contributed by atoms with Crippen molar-refractivity contribution in [2.24, 2.45) is 0 Å². The highest BCUT2D eigenvalue weighted by atomic mass is 16.5. The molecule has 154 valence electrons. The Morgan fingerprint density at radius 3 is 1.59 bits per heavy atom. The summed E-state index contributed by atoms with van der Waals surface area (Å²) in [4.78, 5) is 4.95. The van der Waals surface area contributed by atoms with Gasteiger partial charge in [-0.15, -0.1) is 0 Å². The van der Waals surface area contributed by atoms with Gasteiger partial charge in [0.15, 0.2) is 0 Å². The fourth-order valence-corrected chi connectivity index (χ4v) is 4.08. The highest BCUT2D eigenvalue weighted by Crippen LogP contribution is 2.33. The molecule has 0 radical (unpaired) electrons. The summed E-state index contributed by atoms with van der Waals surface area (Å²) < 4.78 is 18.0. The minimum atomic E-state index is 0.753. The van der Waals surface area contributed by atoms with Gasteiger partial charge in [-0.05, 0) is 88.3 Å². The third kappa shape index (κ3) is 4.36. The zero-order chi connectivity index (χ0) is 19.5. The number of benzene rings is 2. The molecule has 2 aliphatic heterocycles. The smallest absolute Gasteiger partial charge is 0.135 e. The summed E-state index contributed by atoms with van der Waals surface area (Å²) in [5.41, 5.74) is 1.78. The molecule has 0 spiro atoms. The SMILES string of the molecule is c1cc2oc3ccc(OCCCN4CCC4)cc3c2cc1OCCCN1CCC1. The van der Waals surface area contributed by atoms with Crippen molar-refractivity contribution in [3.63, 3.8) is 0 Å². The van der Waals surface area contributed by atoms with Gasteiger partial charge in [-0.25, -0.2) is 0 Å². The van der Waals surface area contributed by atoms with Crippen LogP contribution in [0, 0.1) is 0 Å². The molecule has 2 aliphatic rings. The second-order valence-electron chi connectivity index (χ2n) is 8.21. The van der Waals surface area contributed by atoms with Crippen molar-refractivity contribution >= 4 is 21.9 Å². The van der Waals surface area contributed by atoms with Gasteiger partial charge in [-0.2, -0.15) is 0 Å². The first-order chi connectivity index (χ1) is 14.3. The number of hydrogen-bond acceptors (Lipinski definition) is 5. The van der Waals surface area contributed by atoms with E-state index in [1.54, 1.807) is 0 Å². The number of fused-ring (bicyclic) bond motifs is 3. The van der Waals surface area contributed by atoms with E-state index >= 15 is 0 Å². The van der Waals surface area contributed by atoms with Crippen molar-refractivity contribution in [1.29, 1.82) is 0 Å². The first-order valence-corrected chi connectivity index (χ1v) is 11.0. The van der Waals surface area contributed by atoms with E-state index < -0.39 is 0 Å². The number of rotatable bonds is 10. The Kier molecular flexibility index (Phi) is 5.59. The average molecular weight is 395 g/mol. The van der Waals surface area contributed by atoms with Crippen LogP contribution in [0.2, 0.25) is 0 Å². The largest absolute Gasteiger partial charge is 0.494 e. The molecule has 2 aromatic carbocycles. The molecule has 3 aromatic rings. The van der Waals surface area contributed by atoms with Crippen LogP contribution in [-0.4, -0.2) is 62.3 Å². The molecule has 2 fully saturated rings. The van der Waals surface area contributed by atoms with Crippen molar-refractivity contribution < 1.29 is 13.9 Å². The molecule has 2 saturated heterocycles. The van der Waals surface area contributed by atoms with Crippen molar-refractivity contribution in [2.75, 3.05) is 52.5 Å². The predicted octanol–water partition coefficient (Wildman–Crippen LogP) is 4.54. The van der Waals surface area contributed by atoms with Crippen molar-refractivity contribution in [3.8, 4) is 11.5 Å². The first kappa shape index (κ1) is 18.8. The molecule has 29 heavy (non-hydrogen) atoms. The Balaban J connectivity index is 1.22. The van der Waals surface area contributed by atoms with Crippen molar-refractivity contribution in [2.45, 2.75) is 25.7 Å². The van der Waals surface area contributed by atoms with Gasteiger partial charge < -0.3 is 23.7 Å². The van der Waals surface area contributed by atoms with Crippen LogP contribution in [0.1, 0.15) is 25.7 Å². The van der Waals surface area contributed by atoms with E-state index in [4.69, 9.17) is 13.9 Å². The fourth-order valence-electron chi connectivity index (χ4n) is 4.08. The second kappa shape index (κ2) is 8.64. The fraction of sp³-hybridized carbons (Fsp3) is 0.500. The molecular weight excluding hydrogens is 364 g/mol. The summed E-state index contributed by atoms with van der Waals surface area (Å²) in [6.45, 7) is 8.76. The Hall–Kier alpha value is -2.24. The summed E-state index contributed by atoms with van der Waals surface area (Å²) >= 11 is 0. The Labute approximate surface area is 172 Å². The molecule has 0 atom stereocenters. The van der Waals surface area contributed by atoms with E-state index in [1.807, 2.05) is 24.3 Å². The van der Waals surface area contributed by atoms with E-state index in [9.17, 15) is 0 Å². The van der Waals surface area contributed by atoms with E-state index in [0.29, 0.717) is 0 Å². The van der Waals surface area contributed by atoms with Crippen LogP contribution in [0.3, 0.4) is 0 Å². The van der Waals surface area contributed by atoms with E-state index in [1.165, 1.54) is 39.0 Å². The molecule has 1 aromatic heterocycles. The van der Waals surface area contributed by atoms with Gasteiger partial charge in [-0.1, -0.05) is 0 Å². The summed E-state index contributed by atoms with van der Waals surface area (Å²) in [7, 11) is 0. The molecule has 0 saturated carbocycles. The standard InChI is InChI=1S/C24H30N2O3/c1-9-25(10-1)13-3-15-27-19-5-7-23-21(17-19)22-18-20(6-8-24(22)29-23)28-16-4-14-26-11-2-12-26/h5-8,17-18H,1-4,9-16H2. The van der Waals surface area contributed by atoms with Gasteiger partial charge in [0.25, 0.3) is 0 Å². The molecule has 0 unspecified atom stereocenters. The first-order valence-electron chi connectivity index (χ1n) is 11.0. The van der Waals surface area contributed by atoms with Gasteiger partial charge in [0, 0.05) is 23.9 Å². The van der Waals surface area contributed by atoms with E-state index in [2.05, 4.69) is 21.9 Å². The Morgan fingerprint density at radius 1 is 0.690 bits per heavy atom. The van der Waals surface area contributed by atoms with Gasteiger partial charge in [0.05, 0.1) is 13.2 Å². The molecule has 0 aliphatic carbocycles. The third-order valence-electron chi connectivity index (χ3n) is 6.08. The number of ether oxygens (including phenoxy) is 2. The van der Waals surface area contributed by atoms with Gasteiger partial charge >= 0.3 is 0 Å². The third-order valence-corrected chi connectivity index (χ3v) is 6.08. The minimum Gasteiger partial charge on any atom is -0.494 e. The van der Waals surface area contributed by atoms with Crippen molar-refractivity contribution in [1.82, 2.24) is 9.80 Å². The number of likely N-dealkylation sites (tertiary alicyclic amines) is 2. The zero-order valence-electron chi connectivity index (χ0n) is 17.1. The van der Waals surface area contributed by atoms with E-state index in [0.717, 1.165) is 72.6 Å². The molecule has 5 rings (SSSR count). The Bertz CT molecular complexity index is 883. The zero-order valence-corrected chi connectivity index (χ0v) is 17.1. The monoisotopic (exact) mass is 394 g/mol. The normalized spacial score (nSPS) is 17.4. The lowest BCUT2D eigenvalue weighted by molar-refractivity contribution is 0.165. The quantitative estimate of drug-likeness (QED) is 0.472. The van der Waals surface area contributed by atoms with Gasteiger partial charge in [0.1, 0.15) is 22.7 Å². The van der Waals surface area contributed by atoms with Crippen LogP contribution >= 0.6 is 0 Å². The van der Waals surface area contributed by atoms with Crippen LogP contribution in [0.4, 0.5) is 0 Å². The highest BCUT2D eigenvalue weighted by molar-refractivity contribution is 6.05. The van der Waals surface area contributed by atoms with Gasteiger partial charge in [0.2, 0.25) is 0 Å². The minimum absolute atomic E-state index is 0.753. The lowest BCUT2D eigenvalue weighted by atomic mass is 10.1. The molecule has 3 heterocycles. The summed E-state index contributed by atoms with van der Waals surface area (Å²) in [6.07, 6.45) is 4.82. The lowest BCUT2D eigenvalue weighted by Crippen LogP contribution is -2.38. The van der Waals surface area contributed by atoms with Crippen LogP contribution in [0.15, 0.2) is 40.8 Å². The molecule has 0 amide bonds. The van der Waals surface area contributed by atoms with Gasteiger partial charge in [-0.3, -0.25) is 0 Å². The molecule has 0 N–H and O–H groups in total. The van der Waals surface area contributed by atoms with E-state index in [-0.39, 0.29) is 0 Å². The van der Waals surface area contributed by atoms with Crippen LogP contribution < -0.4 is 9.47 Å². The second-order valence-corrected chi connectivity index (χ2v) is 8.21. The molecule has 5 nitrogen and oxygen atoms in total. The number of hydrogen-bond donors (Lipinski definition) is 0. The molecule has 0 bridgehead atoms. The Morgan fingerprint density at radius 2 is 1.17 bits per heavy atom. The lowest BCUT2D eigenvalue weighted by Gasteiger charge is -2.30. The molecule has 5 heteroatoms. The maximum absolute atomic E-state index is 6.00. The van der Waals surface area contributed by atoms with Crippen LogP contribution in [-0.2, 0) is 0 Å². The molecular formula is C24H30N2O3. The maximum atomic E-state index is 6.00. The topological polar surface area (TPSA) is 38.1 Å². The summed E-state index contributed by atoms with van der Waals surface area (Å²) in [5, 5.41) is 2.18. The predicted molar refractivity (Wildman–Crippen MR) is 116 cm³/mol. The summed E-state index contributed by atoms with van der Waals surface area (Å²) in [6, 6.07) is 12.2. The maximum Gasteiger partial charge on any atom is 0.135 e.